The van der Waals surface area contributed by atoms with Crippen molar-refractivity contribution in [1.29, 1.82) is 0 Å². The molecule has 270 valence electrons. The molecule has 0 spiro atoms. The number of aromatic carboxylic acids is 1. The van der Waals surface area contributed by atoms with Crippen LogP contribution in [0.3, 0.4) is 0 Å². The van der Waals surface area contributed by atoms with Gasteiger partial charge in [0, 0.05) is 37.3 Å². The molecule has 1 saturated heterocycles. The number of nitrogens with two attached hydrogens (primary N) is 1. The Labute approximate surface area is 295 Å². The number of allylic oxidation sites excluding steroid dienone is 3. The lowest BCUT2D eigenvalue weighted by Gasteiger charge is -2.72. The first-order valence-electron chi connectivity index (χ1n) is 19.1. The van der Waals surface area contributed by atoms with Crippen LogP contribution in [0.15, 0.2) is 42.5 Å². The van der Waals surface area contributed by atoms with Crippen molar-refractivity contribution >= 4 is 21.4 Å². The van der Waals surface area contributed by atoms with Crippen LogP contribution in [-0.4, -0.2) is 73.2 Å². The molecule has 9 atom stereocenters. The third kappa shape index (κ3) is 5.44. The Kier molecular flexibility index (Phi) is 8.69. The third-order valence-corrected chi connectivity index (χ3v) is 17.5. The van der Waals surface area contributed by atoms with Crippen molar-refractivity contribution in [2.45, 2.75) is 103 Å². The van der Waals surface area contributed by atoms with Crippen molar-refractivity contribution in [3.63, 3.8) is 0 Å². The maximum atomic E-state index is 12.0. The molecule has 1 aromatic carbocycles. The van der Waals surface area contributed by atoms with Crippen LogP contribution in [0, 0.1) is 45.8 Å². The molecule has 0 radical (unpaired) electrons. The third-order valence-electron chi connectivity index (χ3n) is 15.9. The molecule has 4 N–H and O–H groups in total. The van der Waals surface area contributed by atoms with Crippen LogP contribution in [-0.2, 0) is 9.84 Å². The van der Waals surface area contributed by atoms with E-state index >= 15 is 0 Å². The Morgan fingerprint density at radius 1 is 0.980 bits per heavy atom. The Hall–Kier alpha value is -2.00. The maximum absolute atomic E-state index is 12.0. The van der Waals surface area contributed by atoms with Crippen molar-refractivity contribution in [2.24, 2.45) is 51.6 Å². The normalized spacial score (nSPS) is 42.6. The van der Waals surface area contributed by atoms with E-state index in [1.165, 1.54) is 36.8 Å². The van der Waals surface area contributed by atoms with Gasteiger partial charge in [-0.1, -0.05) is 58.1 Å². The van der Waals surface area contributed by atoms with Crippen LogP contribution in [0.2, 0.25) is 0 Å². The van der Waals surface area contributed by atoms with Crippen molar-refractivity contribution < 1.29 is 18.3 Å². The average molecular weight is 692 g/mol. The van der Waals surface area contributed by atoms with Crippen molar-refractivity contribution in [3.05, 3.63) is 53.6 Å². The fraction of sp³-hybridized carbons (Fsp3) is 0.732. The molecule has 0 aromatic heterocycles. The standard InChI is InChI=1S/C41H61N3O4S/c1-27(2)30-13-18-40(43-21-22-44-23-25-49(47,48)26-24-44)19-20-41(42)32(35(30)40)11-12-34-38(5)16-14-31(28-7-9-29(10-8-28)36(45)46)37(3,4)33(38)15-17-39(34,41)6/h7-10,14,30,32-35,43H,1,11-13,15-26,42H2,2-6H3,(H,45,46)/t30?,32-,33+,34-,35-,38+,39-,40?,41+/m1/s1. The number of carboxylic acids is 1. The number of hydrogen-bond donors (Lipinski definition) is 3. The van der Waals surface area contributed by atoms with Gasteiger partial charge in [0.2, 0.25) is 0 Å². The molecule has 5 fully saturated rings. The molecule has 5 aliphatic carbocycles. The maximum Gasteiger partial charge on any atom is 0.335 e. The van der Waals surface area contributed by atoms with Gasteiger partial charge in [-0.2, -0.15) is 0 Å². The van der Waals surface area contributed by atoms with E-state index in [1.54, 1.807) is 12.1 Å². The first-order chi connectivity index (χ1) is 23.0. The number of sulfone groups is 1. The minimum Gasteiger partial charge on any atom is -0.478 e. The zero-order valence-corrected chi connectivity index (χ0v) is 31.5. The fourth-order valence-electron chi connectivity index (χ4n) is 13.5. The second-order valence-corrected chi connectivity index (χ2v) is 20.6. The van der Waals surface area contributed by atoms with Gasteiger partial charge in [0.15, 0.2) is 9.84 Å². The van der Waals surface area contributed by atoms with Crippen LogP contribution < -0.4 is 11.1 Å². The summed E-state index contributed by atoms with van der Waals surface area (Å²) in [4.78, 5) is 13.9. The molecule has 49 heavy (non-hydrogen) atoms. The number of hydrogen-bond acceptors (Lipinski definition) is 6. The summed E-state index contributed by atoms with van der Waals surface area (Å²) in [6.45, 7) is 19.9. The van der Waals surface area contributed by atoms with E-state index in [4.69, 9.17) is 5.73 Å². The second-order valence-electron chi connectivity index (χ2n) is 18.3. The molecule has 8 heteroatoms. The van der Waals surface area contributed by atoms with E-state index in [2.05, 4.69) is 57.5 Å². The van der Waals surface area contributed by atoms with E-state index in [1.807, 2.05) is 12.1 Å². The van der Waals surface area contributed by atoms with Gasteiger partial charge in [0.05, 0.1) is 17.1 Å². The molecule has 1 aromatic rings. The monoisotopic (exact) mass is 691 g/mol. The van der Waals surface area contributed by atoms with E-state index < -0.39 is 15.8 Å². The Morgan fingerprint density at radius 3 is 2.33 bits per heavy atom. The first-order valence-corrected chi connectivity index (χ1v) is 21.0. The van der Waals surface area contributed by atoms with Gasteiger partial charge in [-0.05, 0) is 134 Å². The lowest BCUT2D eigenvalue weighted by molar-refractivity contribution is -0.186. The summed E-state index contributed by atoms with van der Waals surface area (Å²) in [6, 6.07) is 7.51. The molecule has 2 unspecified atom stereocenters. The predicted molar refractivity (Wildman–Crippen MR) is 198 cm³/mol. The summed E-state index contributed by atoms with van der Waals surface area (Å²) >= 11 is 0. The summed E-state index contributed by atoms with van der Waals surface area (Å²) < 4.78 is 24.0. The van der Waals surface area contributed by atoms with E-state index in [0.717, 1.165) is 50.8 Å². The predicted octanol–water partition coefficient (Wildman–Crippen LogP) is 6.80. The highest BCUT2D eigenvalue weighted by Crippen LogP contribution is 2.73. The zero-order valence-electron chi connectivity index (χ0n) is 30.7. The number of nitrogens with zero attached hydrogens (tertiary/aromatic N) is 1. The minimum atomic E-state index is -2.87. The first kappa shape index (κ1) is 35.4. The summed E-state index contributed by atoms with van der Waals surface area (Å²) in [5.41, 5.74) is 12.2. The molecule has 1 heterocycles. The molecule has 1 aliphatic heterocycles. The molecular weight excluding hydrogens is 631 g/mol. The van der Waals surface area contributed by atoms with Gasteiger partial charge < -0.3 is 21.1 Å². The minimum absolute atomic E-state index is 0.0294. The van der Waals surface area contributed by atoms with Crippen LogP contribution in [0.25, 0.3) is 5.57 Å². The number of rotatable bonds is 7. The van der Waals surface area contributed by atoms with Crippen LogP contribution in [0.1, 0.15) is 108 Å². The molecule has 4 saturated carbocycles. The second kappa shape index (κ2) is 12.0. The Morgan fingerprint density at radius 2 is 1.67 bits per heavy atom. The highest BCUT2D eigenvalue weighted by atomic mass is 32.2. The number of nitrogens with one attached hydrogen (secondary N) is 1. The van der Waals surface area contributed by atoms with E-state index in [-0.39, 0.29) is 38.8 Å². The quantitative estimate of drug-likeness (QED) is 0.270. The number of benzene rings is 1. The zero-order chi connectivity index (χ0) is 35.2. The fourth-order valence-corrected chi connectivity index (χ4v) is 14.7. The van der Waals surface area contributed by atoms with Crippen LogP contribution in [0.5, 0.6) is 0 Å². The lowest BCUT2D eigenvalue weighted by atomic mass is 9.34. The molecule has 7 rings (SSSR count). The van der Waals surface area contributed by atoms with Crippen molar-refractivity contribution in [1.82, 2.24) is 10.2 Å². The molecule has 0 bridgehead atoms. The summed E-state index contributed by atoms with van der Waals surface area (Å²) in [5, 5.41) is 13.6. The van der Waals surface area contributed by atoms with Crippen molar-refractivity contribution in [3.8, 4) is 0 Å². The average Bonchev–Trinajstić information content (AvgIpc) is 3.42. The van der Waals surface area contributed by atoms with Crippen molar-refractivity contribution in [2.75, 3.05) is 37.7 Å². The summed E-state index contributed by atoms with van der Waals surface area (Å²) in [6.07, 6.45) is 12.8. The van der Waals surface area contributed by atoms with Gasteiger partial charge in [0.25, 0.3) is 0 Å². The molecule has 7 nitrogen and oxygen atoms in total. The van der Waals surface area contributed by atoms with E-state index in [0.29, 0.717) is 48.2 Å². The van der Waals surface area contributed by atoms with E-state index in [9.17, 15) is 18.3 Å². The molecule has 6 aliphatic rings. The topological polar surface area (TPSA) is 113 Å². The number of carboxylic acid groups (broad SMARTS) is 1. The Bertz CT molecular complexity index is 1620. The van der Waals surface area contributed by atoms with Gasteiger partial charge in [-0.25, -0.2) is 13.2 Å². The molecule has 0 amide bonds. The van der Waals surface area contributed by atoms with Gasteiger partial charge in [-0.15, -0.1) is 0 Å². The number of carbonyl (C=O) groups is 1. The highest BCUT2D eigenvalue weighted by Gasteiger charge is 2.71. The number of fused-ring (bicyclic) bond motifs is 7. The van der Waals surface area contributed by atoms with Gasteiger partial charge >= 0.3 is 5.97 Å². The summed E-state index contributed by atoms with van der Waals surface area (Å²) in [7, 11) is -2.87. The largest absolute Gasteiger partial charge is 0.478 e. The summed E-state index contributed by atoms with van der Waals surface area (Å²) in [5.74, 6) is 2.18. The van der Waals surface area contributed by atoms with Gasteiger partial charge in [-0.3, -0.25) is 0 Å². The highest BCUT2D eigenvalue weighted by molar-refractivity contribution is 7.91. The smallest absolute Gasteiger partial charge is 0.335 e. The van der Waals surface area contributed by atoms with Crippen LogP contribution >= 0.6 is 0 Å². The molecular formula is C41H61N3O4S. The van der Waals surface area contributed by atoms with Crippen LogP contribution in [0.4, 0.5) is 0 Å². The SMILES string of the molecule is C=C(C)C1CCC2(NCCN3CCS(=O)(=O)CC3)CC[C@]3(N)[C@H](CC[C@@H]4[C@@]5(C)CC=C(c6ccc(C(=O)O)cc6)C(C)(C)[C@@H]5CC[C@]43C)[C@@H]12. The van der Waals surface area contributed by atoms with Gasteiger partial charge in [0.1, 0.15) is 0 Å². The Balaban J connectivity index is 1.15. The lowest BCUT2D eigenvalue weighted by Crippen LogP contribution is -2.75.